The number of amides is 3. The molecule has 0 aliphatic rings. The lowest BCUT2D eigenvalue weighted by Gasteiger charge is -2.14. The number of pyridine rings is 1. The molecule has 0 bridgehead atoms. The van der Waals surface area contributed by atoms with Gasteiger partial charge in [0.05, 0.1) is 12.2 Å². The molecule has 0 aliphatic heterocycles. The number of nitrogens with one attached hydrogen (secondary N) is 4. The zero-order valence-corrected chi connectivity index (χ0v) is 20.3. The van der Waals surface area contributed by atoms with Gasteiger partial charge in [-0.2, -0.15) is 0 Å². The molecule has 0 aliphatic carbocycles. The maximum atomic E-state index is 12.2. The van der Waals surface area contributed by atoms with Gasteiger partial charge in [-0.25, -0.2) is 5.48 Å². The van der Waals surface area contributed by atoms with Gasteiger partial charge in [0.1, 0.15) is 6.04 Å². The molecule has 0 fully saturated rings. The van der Waals surface area contributed by atoms with Gasteiger partial charge in [-0.15, -0.1) is 0 Å². The molecule has 200 valence electrons. The highest BCUT2D eigenvalue weighted by molar-refractivity contribution is 5.97. The SMILES string of the molecule is C.NC[C@H](NC(=O)c1ccc(C#CC#Cc2ccc(NC(=O)CNCc3ccccn3)cc2)cc1)C(=O)NO. The fraction of sp³-hybridized carbons (Fsp3) is 0.172. The Morgan fingerprint density at radius 1 is 0.923 bits per heavy atom. The molecule has 3 rings (SSSR count). The highest BCUT2D eigenvalue weighted by atomic mass is 16.5. The summed E-state index contributed by atoms with van der Waals surface area (Å²) >= 11 is 0. The predicted molar refractivity (Wildman–Crippen MR) is 148 cm³/mol. The summed E-state index contributed by atoms with van der Waals surface area (Å²) in [5.74, 6) is 9.87. The van der Waals surface area contributed by atoms with Crippen molar-refractivity contribution in [3.05, 3.63) is 95.3 Å². The first-order valence-electron chi connectivity index (χ1n) is 11.6. The maximum Gasteiger partial charge on any atom is 0.267 e. The van der Waals surface area contributed by atoms with Crippen LogP contribution in [0.25, 0.3) is 0 Å². The van der Waals surface area contributed by atoms with E-state index in [1.54, 1.807) is 54.7 Å². The molecule has 1 atom stereocenters. The van der Waals surface area contributed by atoms with Gasteiger partial charge in [-0.3, -0.25) is 24.6 Å². The first kappa shape index (κ1) is 30.2. The lowest BCUT2D eigenvalue weighted by Crippen LogP contribution is -2.50. The first-order chi connectivity index (χ1) is 18.5. The van der Waals surface area contributed by atoms with Crippen LogP contribution in [0.2, 0.25) is 0 Å². The second kappa shape index (κ2) is 16.0. The Labute approximate surface area is 227 Å². The number of rotatable bonds is 9. The zero-order chi connectivity index (χ0) is 27.2. The van der Waals surface area contributed by atoms with E-state index in [0.717, 1.165) is 11.3 Å². The summed E-state index contributed by atoms with van der Waals surface area (Å²) in [6, 6.07) is 18.1. The standard InChI is InChI=1S/C28H26N6O4.CH4/c29-17-25(28(37)34-38)33-27(36)22-12-8-20(9-13-22)5-1-2-6-21-10-14-23(15-11-21)32-26(35)19-30-18-24-7-3-4-16-31-24;/h3-4,7-16,25,30,38H,17-19,29H2,(H,32,35)(H,33,36)(H,34,37);1H4/t25-;/m0./s1. The van der Waals surface area contributed by atoms with Gasteiger partial charge in [-0.1, -0.05) is 25.3 Å². The minimum atomic E-state index is -1.05. The van der Waals surface area contributed by atoms with E-state index in [0.29, 0.717) is 23.4 Å². The van der Waals surface area contributed by atoms with E-state index in [1.807, 2.05) is 18.2 Å². The summed E-state index contributed by atoms with van der Waals surface area (Å²) in [5.41, 5.74) is 10.1. The lowest BCUT2D eigenvalue weighted by molar-refractivity contribution is -0.130. The van der Waals surface area contributed by atoms with Crippen LogP contribution in [-0.4, -0.2) is 47.0 Å². The molecule has 10 nitrogen and oxygen atoms in total. The van der Waals surface area contributed by atoms with E-state index < -0.39 is 17.9 Å². The number of carbonyl (C=O) groups is 3. The largest absolute Gasteiger partial charge is 0.339 e. The molecule has 1 heterocycles. The quantitative estimate of drug-likeness (QED) is 0.140. The third kappa shape index (κ3) is 10.1. The van der Waals surface area contributed by atoms with Crippen LogP contribution in [0.5, 0.6) is 0 Å². The van der Waals surface area contributed by atoms with Crippen LogP contribution >= 0.6 is 0 Å². The third-order valence-corrected chi connectivity index (χ3v) is 5.08. The van der Waals surface area contributed by atoms with Gasteiger partial charge in [0, 0.05) is 41.7 Å². The van der Waals surface area contributed by atoms with Gasteiger partial charge < -0.3 is 21.7 Å². The highest BCUT2D eigenvalue weighted by Gasteiger charge is 2.19. The van der Waals surface area contributed by atoms with E-state index in [2.05, 4.69) is 44.6 Å². The van der Waals surface area contributed by atoms with Gasteiger partial charge in [-0.05, 0) is 72.5 Å². The maximum absolute atomic E-state index is 12.2. The molecule has 7 N–H and O–H groups in total. The van der Waals surface area contributed by atoms with Crippen molar-refractivity contribution in [2.24, 2.45) is 5.73 Å². The Kier molecular flexibility index (Phi) is 12.4. The van der Waals surface area contributed by atoms with E-state index in [1.165, 1.54) is 5.48 Å². The number of hydrogen-bond donors (Lipinski definition) is 6. The number of nitrogens with two attached hydrogens (primary N) is 1. The summed E-state index contributed by atoms with van der Waals surface area (Å²) in [7, 11) is 0. The molecule has 2 aromatic carbocycles. The molecule has 0 saturated carbocycles. The fourth-order valence-corrected chi connectivity index (χ4v) is 3.11. The monoisotopic (exact) mass is 526 g/mol. The summed E-state index contributed by atoms with van der Waals surface area (Å²) < 4.78 is 0. The number of anilines is 1. The van der Waals surface area contributed by atoms with Crippen LogP contribution in [0.3, 0.4) is 0 Å². The van der Waals surface area contributed by atoms with Gasteiger partial charge in [0.15, 0.2) is 0 Å². The van der Waals surface area contributed by atoms with Gasteiger partial charge >= 0.3 is 0 Å². The van der Waals surface area contributed by atoms with Crippen LogP contribution in [0.4, 0.5) is 5.69 Å². The fourth-order valence-electron chi connectivity index (χ4n) is 3.11. The number of hydrogen-bond acceptors (Lipinski definition) is 7. The molecule has 3 aromatic rings. The number of nitrogens with zero attached hydrogens (tertiary/aromatic N) is 1. The van der Waals surface area contributed by atoms with Crippen LogP contribution < -0.4 is 27.2 Å². The number of benzene rings is 2. The molecular formula is C29H30N6O4. The third-order valence-electron chi connectivity index (χ3n) is 5.08. The normalized spacial score (nSPS) is 10.3. The van der Waals surface area contributed by atoms with Crippen LogP contribution in [0, 0.1) is 23.7 Å². The smallest absolute Gasteiger partial charge is 0.267 e. The molecule has 0 radical (unpaired) electrons. The molecule has 0 spiro atoms. The molecule has 0 saturated heterocycles. The van der Waals surface area contributed by atoms with Crippen LogP contribution in [0.15, 0.2) is 72.9 Å². The Morgan fingerprint density at radius 2 is 1.56 bits per heavy atom. The zero-order valence-electron chi connectivity index (χ0n) is 20.3. The Balaban J connectivity index is 0.00000533. The van der Waals surface area contributed by atoms with Gasteiger partial charge in [0.25, 0.3) is 11.8 Å². The second-order valence-corrected chi connectivity index (χ2v) is 7.87. The van der Waals surface area contributed by atoms with E-state index in [9.17, 15) is 14.4 Å². The summed E-state index contributed by atoms with van der Waals surface area (Å²) in [6.45, 7) is 0.501. The Morgan fingerprint density at radius 3 is 2.13 bits per heavy atom. The highest BCUT2D eigenvalue weighted by Crippen LogP contribution is 2.08. The minimum absolute atomic E-state index is 0. The molecule has 0 unspecified atom stereocenters. The molecular weight excluding hydrogens is 496 g/mol. The van der Waals surface area contributed by atoms with Crippen LogP contribution in [0.1, 0.15) is 34.6 Å². The second-order valence-electron chi connectivity index (χ2n) is 7.87. The summed E-state index contributed by atoms with van der Waals surface area (Å²) in [4.78, 5) is 40.0. The number of aromatic nitrogens is 1. The van der Waals surface area contributed by atoms with Crippen molar-refractivity contribution in [2.45, 2.75) is 20.0 Å². The summed E-state index contributed by atoms with van der Waals surface area (Å²) in [6.07, 6.45) is 1.71. The van der Waals surface area contributed by atoms with Crippen molar-refractivity contribution in [3.8, 4) is 23.7 Å². The average Bonchev–Trinajstić information content (AvgIpc) is 2.95. The van der Waals surface area contributed by atoms with E-state index in [-0.39, 0.29) is 26.4 Å². The molecule has 10 heteroatoms. The average molecular weight is 527 g/mol. The van der Waals surface area contributed by atoms with Crippen molar-refractivity contribution in [2.75, 3.05) is 18.4 Å². The number of hydroxylamine groups is 1. The Hall–Kier alpha value is -5.00. The lowest BCUT2D eigenvalue weighted by atomic mass is 10.1. The van der Waals surface area contributed by atoms with Crippen molar-refractivity contribution >= 4 is 23.4 Å². The Bertz CT molecular complexity index is 1370. The topological polar surface area (TPSA) is 158 Å². The van der Waals surface area contributed by atoms with Crippen molar-refractivity contribution in [3.63, 3.8) is 0 Å². The molecule has 3 amide bonds. The summed E-state index contributed by atoms with van der Waals surface area (Å²) in [5, 5.41) is 17.0. The van der Waals surface area contributed by atoms with Crippen LogP contribution in [-0.2, 0) is 16.1 Å². The van der Waals surface area contributed by atoms with E-state index >= 15 is 0 Å². The van der Waals surface area contributed by atoms with Crippen molar-refractivity contribution < 1.29 is 19.6 Å². The first-order valence-corrected chi connectivity index (χ1v) is 11.6. The van der Waals surface area contributed by atoms with Crippen molar-refractivity contribution in [1.82, 2.24) is 21.1 Å². The molecule has 39 heavy (non-hydrogen) atoms. The van der Waals surface area contributed by atoms with E-state index in [4.69, 9.17) is 10.9 Å². The number of carbonyl (C=O) groups excluding carboxylic acids is 3. The predicted octanol–water partition coefficient (Wildman–Crippen LogP) is 1.41. The molecule has 1 aromatic heterocycles. The minimum Gasteiger partial charge on any atom is -0.339 e. The van der Waals surface area contributed by atoms with Gasteiger partial charge in [0.2, 0.25) is 5.91 Å². The van der Waals surface area contributed by atoms with Crippen molar-refractivity contribution in [1.29, 1.82) is 0 Å².